The van der Waals surface area contributed by atoms with Crippen molar-refractivity contribution in [3.63, 3.8) is 0 Å². The molecule has 2 heterocycles. The van der Waals surface area contributed by atoms with Crippen LogP contribution in [-0.4, -0.2) is 27.2 Å². The number of rotatable bonds is 4. The topological polar surface area (TPSA) is 59.8 Å². The smallest absolute Gasteiger partial charge is 0.254 e. The number of carbonyl (C=O) groups is 1. The van der Waals surface area contributed by atoms with Crippen molar-refractivity contribution in [2.24, 2.45) is 0 Å². The fourth-order valence-electron chi connectivity index (χ4n) is 1.55. The van der Waals surface area contributed by atoms with Gasteiger partial charge in [-0.05, 0) is 24.6 Å². The number of nitrogens with one attached hydrogen (secondary N) is 1. The van der Waals surface area contributed by atoms with E-state index in [1.165, 1.54) is 6.07 Å². The van der Waals surface area contributed by atoms with E-state index in [1.54, 1.807) is 16.9 Å². The molecule has 0 fully saturated rings. The van der Waals surface area contributed by atoms with E-state index in [1.807, 2.05) is 13.1 Å². The standard InChI is InChI=1S/C12H12Cl2N4O/c1-8-6-16-18(7-8)5-4-15-12(19)9-2-3-10(13)17-11(9)14/h2-3,6-7H,4-5H2,1H3,(H,15,19). The third-order valence-corrected chi connectivity index (χ3v) is 2.95. The van der Waals surface area contributed by atoms with Crippen molar-refractivity contribution in [3.05, 3.63) is 46.0 Å². The lowest BCUT2D eigenvalue weighted by atomic mass is 10.2. The van der Waals surface area contributed by atoms with Crippen molar-refractivity contribution in [1.82, 2.24) is 20.1 Å². The molecule has 0 saturated heterocycles. The lowest BCUT2D eigenvalue weighted by molar-refractivity contribution is 0.0952. The Kier molecular flexibility index (Phi) is 4.39. The fraction of sp³-hybridized carbons (Fsp3) is 0.250. The summed E-state index contributed by atoms with van der Waals surface area (Å²) in [6, 6.07) is 3.07. The minimum atomic E-state index is -0.280. The first kappa shape index (κ1) is 13.8. The summed E-state index contributed by atoms with van der Waals surface area (Å²) in [5.74, 6) is -0.280. The first-order valence-corrected chi connectivity index (χ1v) is 6.41. The maximum atomic E-state index is 11.9. The number of amides is 1. The van der Waals surface area contributed by atoms with Crippen LogP contribution in [0.1, 0.15) is 15.9 Å². The van der Waals surface area contributed by atoms with Gasteiger partial charge in [0.05, 0.1) is 18.3 Å². The number of hydrogen-bond acceptors (Lipinski definition) is 3. The third-order valence-electron chi connectivity index (χ3n) is 2.45. The van der Waals surface area contributed by atoms with Crippen LogP contribution in [0.25, 0.3) is 0 Å². The SMILES string of the molecule is Cc1cnn(CCNC(=O)c2ccc(Cl)nc2Cl)c1. The number of nitrogens with zero attached hydrogens (tertiary/aromatic N) is 3. The van der Waals surface area contributed by atoms with Crippen LogP contribution in [0.5, 0.6) is 0 Å². The summed E-state index contributed by atoms with van der Waals surface area (Å²) in [7, 11) is 0. The second kappa shape index (κ2) is 6.04. The van der Waals surface area contributed by atoms with E-state index in [0.717, 1.165) is 5.56 Å². The van der Waals surface area contributed by atoms with Crippen LogP contribution in [0.3, 0.4) is 0 Å². The Labute approximate surface area is 120 Å². The molecule has 0 aliphatic heterocycles. The third kappa shape index (κ3) is 3.68. The number of carbonyl (C=O) groups excluding carboxylic acids is 1. The Morgan fingerprint density at radius 3 is 2.84 bits per heavy atom. The van der Waals surface area contributed by atoms with Crippen LogP contribution in [0.4, 0.5) is 0 Å². The average Bonchev–Trinajstić information content (AvgIpc) is 2.75. The zero-order valence-corrected chi connectivity index (χ0v) is 11.7. The van der Waals surface area contributed by atoms with E-state index in [2.05, 4.69) is 15.4 Å². The molecule has 2 aromatic rings. The summed E-state index contributed by atoms with van der Waals surface area (Å²) in [6.45, 7) is 3.01. The highest BCUT2D eigenvalue weighted by Gasteiger charge is 2.11. The van der Waals surface area contributed by atoms with E-state index in [0.29, 0.717) is 18.7 Å². The Bertz CT molecular complexity index is 597. The van der Waals surface area contributed by atoms with Gasteiger partial charge in [0, 0.05) is 12.7 Å². The molecule has 5 nitrogen and oxygen atoms in total. The Balaban J connectivity index is 1.90. The number of halogens is 2. The van der Waals surface area contributed by atoms with Crippen molar-refractivity contribution >= 4 is 29.1 Å². The predicted molar refractivity (Wildman–Crippen MR) is 73.6 cm³/mol. The first-order valence-electron chi connectivity index (χ1n) is 5.65. The van der Waals surface area contributed by atoms with Crippen LogP contribution in [0.2, 0.25) is 10.3 Å². The van der Waals surface area contributed by atoms with Crippen LogP contribution in [0.15, 0.2) is 24.5 Å². The van der Waals surface area contributed by atoms with E-state index in [-0.39, 0.29) is 16.2 Å². The zero-order chi connectivity index (χ0) is 13.8. The highest BCUT2D eigenvalue weighted by molar-refractivity contribution is 6.34. The van der Waals surface area contributed by atoms with Gasteiger partial charge < -0.3 is 5.32 Å². The second-order valence-electron chi connectivity index (χ2n) is 4.01. The summed E-state index contributed by atoms with van der Waals surface area (Å²) in [5, 5.41) is 7.23. The number of pyridine rings is 1. The molecule has 0 aliphatic rings. The maximum Gasteiger partial charge on any atom is 0.254 e. The molecule has 19 heavy (non-hydrogen) atoms. The molecule has 1 N–H and O–H groups in total. The van der Waals surface area contributed by atoms with E-state index >= 15 is 0 Å². The molecule has 0 radical (unpaired) electrons. The molecule has 0 aromatic carbocycles. The van der Waals surface area contributed by atoms with Crippen LogP contribution >= 0.6 is 23.2 Å². The molecular weight excluding hydrogens is 287 g/mol. The van der Waals surface area contributed by atoms with Gasteiger partial charge in [0.15, 0.2) is 0 Å². The predicted octanol–water partition coefficient (Wildman–Crippen LogP) is 2.32. The molecule has 2 aromatic heterocycles. The molecule has 0 atom stereocenters. The van der Waals surface area contributed by atoms with Crippen LogP contribution < -0.4 is 5.32 Å². The summed E-state index contributed by atoms with van der Waals surface area (Å²) in [4.78, 5) is 15.7. The van der Waals surface area contributed by atoms with Crippen molar-refractivity contribution in [3.8, 4) is 0 Å². The Morgan fingerprint density at radius 1 is 1.42 bits per heavy atom. The molecule has 0 saturated carbocycles. The Hall–Kier alpha value is -1.59. The van der Waals surface area contributed by atoms with Crippen LogP contribution in [0, 0.1) is 6.92 Å². The van der Waals surface area contributed by atoms with Crippen molar-refractivity contribution in [2.45, 2.75) is 13.5 Å². The van der Waals surface area contributed by atoms with Crippen molar-refractivity contribution < 1.29 is 4.79 Å². The molecule has 7 heteroatoms. The molecule has 2 rings (SSSR count). The normalized spacial score (nSPS) is 10.5. The average molecular weight is 299 g/mol. The monoisotopic (exact) mass is 298 g/mol. The maximum absolute atomic E-state index is 11.9. The molecule has 0 unspecified atom stereocenters. The lowest BCUT2D eigenvalue weighted by Crippen LogP contribution is -2.27. The van der Waals surface area contributed by atoms with Gasteiger partial charge in [0.25, 0.3) is 5.91 Å². The van der Waals surface area contributed by atoms with Crippen molar-refractivity contribution in [2.75, 3.05) is 6.54 Å². The zero-order valence-electron chi connectivity index (χ0n) is 10.2. The summed E-state index contributed by atoms with van der Waals surface area (Å²) in [6.07, 6.45) is 3.67. The molecular formula is C12H12Cl2N4O. The molecule has 0 bridgehead atoms. The highest BCUT2D eigenvalue weighted by atomic mass is 35.5. The van der Waals surface area contributed by atoms with Gasteiger partial charge in [-0.25, -0.2) is 4.98 Å². The molecule has 0 spiro atoms. The first-order chi connectivity index (χ1) is 9.06. The van der Waals surface area contributed by atoms with Crippen molar-refractivity contribution in [1.29, 1.82) is 0 Å². The quantitative estimate of drug-likeness (QED) is 0.881. The summed E-state index contributed by atoms with van der Waals surface area (Å²) < 4.78 is 1.76. The fourth-order valence-corrected chi connectivity index (χ4v) is 1.98. The number of hydrogen-bond donors (Lipinski definition) is 1. The summed E-state index contributed by atoms with van der Waals surface area (Å²) >= 11 is 11.5. The molecule has 100 valence electrons. The number of aromatic nitrogens is 3. The highest BCUT2D eigenvalue weighted by Crippen LogP contribution is 2.16. The van der Waals surface area contributed by atoms with E-state index in [4.69, 9.17) is 23.2 Å². The van der Waals surface area contributed by atoms with Gasteiger partial charge >= 0.3 is 0 Å². The van der Waals surface area contributed by atoms with Gasteiger partial charge in [-0.1, -0.05) is 23.2 Å². The lowest BCUT2D eigenvalue weighted by Gasteiger charge is -2.06. The van der Waals surface area contributed by atoms with Gasteiger partial charge in [-0.3, -0.25) is 9.48 Å². The second-order valence-corrected chi connectivity index (χ2v) is 4.75. The van der Waals surface area contributed by atoms with E-state index < -0.39 is 0 Å². The van der Waals surface area contributed by atoms with Gasteiger partial charge in [-0.2, -0.15) is 5.10 Å². The van der Waals surface area contributed by atoms with Gasteiger partial charge in [-0.15, -0.1) is 0 Å². The Morgan fingerprint density at radius 2 is 2.21 bits per heavy atom. The number of aryl methyl sites for hydroxylation is 1. The summed E-state index contributed by atoms with van der Waals surface area (Å²) in [5.41, 5.74) is 1.39. The van der Waals surface area contributed by atoms with Gasteiger partial charge in [0.2, 0.25) is 0 Å². The van der Waals surface area contributed by atoms with E-state index in [9.17, 15) is 4.79 Å². The molecule has 0 aliphatic carbocycles. The largest absolute Gasteiger partial charge is 0.350 e. The van der Waals surface area contributed by atoms with Crippen LogP contribution in [-0.2, 0) is 6.54 Å². The molecule has 1 amide bonds. The minimum absolute atomic E-state index is 0.0972. The van der Waals surface area contributed by atoms with Gasteiger partial charge in [0.1, 0.15) is 10.3 Å². The minimum Gasteiger partial charge on any atom is -0.350 e.